The summed E-state index contributed by atoms with van der Waals surface area (Å²) >= 11 is 1.54. The van der Waals surface area contributed by atoms with Gasteiger partial charge in [0.15, 0.2) is 5.16 Å². The summed E-state index contributed by atoms with van der Waals surface area (Å²) in [5, 5.41) is 8.42. The molecule has 108 valence electrons. The number of H-pyrrole nitrogens is 1. The lowest BCUT2D eigenvalue weighted by atomic mass is 10.1. The maximum absolute atomic E-state index is 5.57. The zero-order valence-corrected chi connectivity index (χ0v) is 12.1. The van der Waals surface area contributed by atoms with Crippen LogP contribution in [0.15, 0.2) is 35.7 Å². The highest BCUT2D eigenvalue weighted by atomic mass is 32.2. The molecule has 3 aromatic rings. The van der Waals surface area contributed by atoms with Gasteiger partial charge in [-0.3, -0.25) is 5.10 Å². The molecule has 1 aromatic carbocycles. The molecular weight excluding hydrogens is 288 g/mol. The van der Waals surface area contributed by atoms with E-state index >= 15 is 0 Å². The van der Waals surface area contributed by atoms with Gasteiger partial charge in [0.25, 0.3) is 0 Å². The van der Waals surface area contributed by atoms with Crippen LogP contribution in [-0.4, -0.2) is 27.3 Å². The Kier molecular flexibility index (Phi) is 3.89. The van der Waals surface area contributed by atoms with Crippen molar-refractivity contribution < 1.29 is 4.74 Å². The van der Waals surface area contributed by atoms with E-state index in [-0.39, 0.29) is 0 Å². The van der Waals surface area contributed by atoms with Gasteiger partial charge in [0.1, 0.15) is 17.9 Å². The van der Waals surface area contributed by atoms with Gasteiger partial charge in [0, 0.05) is 22.8 Å². The normalized spacial score (nSPS) is 10.8. The van der Waals surface area contributed by atoms with Crippen molar-refractivity contribution >= 4 is 28.5 Å². The standard InChI is InChI=1S/C13H14N6OS/c1-20-10-3-2-8-4-9(6-21-13-15-7-16-19-13)12(18-14)17-11(8)5-10/h2-5,7H,6,14H2,1H3,(H,17,18)(H,15,16,19). The average Bonchev–Trinajstić information content (AvgIpc) is 3.04. The predicted molar refractivity (Wildman–Crippen MR) is 82.0 cm³/mol. The van der Waals surface area contributed by atoms with Gasteiger partial charge in [-0.05, 0) is 18.2 Å². The zero-order valence-electron chi connectivity index (χ0n) is 11.3. The first-order valence-electron chi connectivity index (χ1n) is 6.22. The molecule has 0 aliphatic heterocycles. The lowest BCUT2D eigenvalue weighted by Gasteiger charge is -2.10. The molecule has 0 spiro atoms. The summed E-state index contributed by atoms with van der Waals surface area (Å²) < 4.78 is 5.21. The first kappa shape index (κ1) is 13.7. The third-order valence-electron chi connectivity index (χ3n) is 3.00. The number of aromatic amines is 1. The average molecular weight is 302 g/mol. The molecule has 0 amide bonds. The molecule has 0 aliphatic rings. The summed E-state index contributed by atoms with van der Waals surface area (Å²) in [6.45, 7) is 0. The van der Waals surface area contributed by atoms with E-state index in [1.165, 1.54) is 18.1 Å². The summed E-state index contributed by atoms with van der Waals surface area (Å²) in [4.78, 5) is 8.61. The fourth-order valence-corrected chi connectivity index (χ4v) is 2.71. The third-order valence-corrected chi connectivity index (χ3v) is 3.92. The highest BCUT2D eigenvalue weighted by Crippen LogP contribution is 2.27. The molecule has 0 aliphatic carbocycles. The van der Waals surface area contributed by atoms with Crippen LogP contribution in [0.4, 0.5) is 5.82 Å². The number of nitrogens with one attached hydrogen (secondary N) is 2. The van der Waals surface area contributed by atoms with Crippen molar-refractivity contribution in [1.82, 2.24) is 20.2 Å². The highest BCUT2D eigenvalue weighted by Gasteiger charge is 2.08. The van der Waals surface area contributed by atoms with E-state index in [1.807, 2.05) is 18.2 Å². The van der Waals surface area contributed by atoms with Gasteiger partial charge in [-0.2, -0.15) is 5.10 Å². The molecule has 0 saturated carbocycles. The Morgan fingerprint density at radius 3 is 3.00 bits per heavy atom. The van der Waals surface area contributed by atoms with Gasteiger partial charge in [-0.1, -0.05) is 11.8 Å². The monoisotopic (exact) mass is 302 g/mol. The Balaban J connectivity index is 1.93. The Labute approximate surface area is 125 Å². The molecule has 2 heterocycles. The number of anilines is 1. The quantitative estimate of drug-likeness (QED) is 0.376. The highest BCUT2D eigenvalue weighted by molar-refractivity contribution is 7.98. The SMILES string of the molecule is COc1ccc2cc(CSc3ncn[nH]3)c(NN)nc2c1. The van der Waals surface area contributed by atoms with E-state index in [1.54, 1.807) is 7.11 Å². The fraction of sp³-hybridized carbons (Fsp3) is 0.154. The number of benzene rings is 1. The number of nitrogen functional groups attached to an aromatic ring is 1. The van der Waals surface area contributed by atoms with Crippen LogP contribution >= 0.6 is 11.8 Å². The topological polar surface area (TPSA) is 102 Å². The third kappa shape index (κ3) is 2.91. The predicted octanol–water partition coefficient (Wildman–Crippen LogP) is 1.94. The van der Waals surface area contributed by atoms with Crippen LogP contribution in [0.5, 0.6) is 5.75 Å². The van der Waals surface area contributed by atoms with Gasteiger partial charge in [-0.25, -0.2) is 15.8 Å². The summed E-state index contributed by atoms with van der Waals surface area (Å²) in [6.07, 6.45) is 1.48. The van der Waals surface area contributed by atoms with Crippen molar-refractivity contribution in [2.75, 3.05) is 12.5 Å². The van der Waals surface area contributed by atoms with E-state index in [0.29, 0.717) is 11.6 Å². The molecule has 3 rings (SSSR count). The van der Waals surface area contributed by atoms with Gasteiger partial charge in [0.2, 0.25) is 0 Å². The number of ether oxygens (including phenoxy) is 1. The van der Waals surface area contributed by atoms with Crippen LogP contribution in [0.3, 0.4) is 0 Å². The zero-order chi connectivity index (χ0) is 14.7. The van der Waals surface area contributed by atoms with Crippen molar-refractivity contribution in [2.45, 2.75) is 10.9 Å². The largest absolute Gasteiger partial charge is 0.497 e. The summed E-state index contributed by atoms with van der Waals surface area (Å²) in [5.74, 6) is 7.66. The number of aromatic nitrogens is 4. The first-order valence-corrected chi connectivity index (χ1v) is 7.21. The van der Waals surface area contributed by atoms with Crippen LogP contribution in [0.1, 0.15) is 5.56 Å². The van der Waals surface area contributed by atoms with Gasteiger partial charge >= 0.3 is 0 Å². The molecule has 21 heavy (non-hydrogen) atoms. The van der Waals surface area contributed by atoms with Crippen molar-refractivity contribution in [1.29, 1.82) is 0 Å². The van der Waals surface area contributed by atoms with E-state index in [9.17, 15) is 0 Å². The Morgan fingerprint density at radius 2 is 2.29 bits per heavy atom. The molecular formula is C13H14N6OS. The van der Waals surface area contributed by atoms with Gasteiger partial charge in [-0.15, -0.1) is 0 Å². The Bertz CT molecular complexity index is 746. The number of rotatable bonds is 5. The fourth-order valence-electron chi connectivity index (χ4n) is 1.96. The van der Waals surface area contributed by atoms with E-state index in [0.717, 1.165) is 27.4 Å². The van der Waals surface area contributed by atoms with Crippen LogP contribution in [-0.2, 0) is 5.75 Å². The molecule has 0 fully saturated rings. The van der Waals surface area contributed by atoms with Gasteiger partial charge in [0.05, 0.1) is 12.6 Å². The number of thioether (sulfide) groups is 1. The van der Waals surface area contributed by atoms with Crippen LogP contribution in [0, 0.1) is 0 Å². The maximum Gasteiger partial charge on any atom is 0.183 e. The minimum atomic E-state index is 0.641. The Hall–Kier alpha value is -2.32. The lowest BCUT2D eigenvalue weighted by molar-refractivity contribution is 0.415. The second-order valence-corrected chi connectivity index (χ2v) is 5.24. The molecule has 0 unspecified atom stereocenters. The number of methoxy groups -OCH3 is 1. The number of pyridine rings is 1. The molecule has 2 aromatic heterocycles. The summed E-state index contributed by atoms with van der Waals surface area (Å²) in [7, 11) is 1.63. The molecule has 7 nitrogen and oxygen atoms in total. The number of hydrogen-bond donors (Lipinski definition) is 3. The summed E-state index contributed by atoms with van der Waals surface area (Å²) in [6, 6.07) is 7.82. The van der Waals surface area contributed by atoms with Crippen molar-refractivity contribution in [3.63, 3.8) is 0 Å². The van der Waals surface area contributed by atoms with E-state index in [4.69, 9.17) is 10.6 Å². The minimum absolute atomic E-state index is 0.641. The second-order valence-electron chi connectivity index (χ2n) is 4.28. The molecule has 4 N–H and O–H groups in total. The Morgan fingerprint density at radius 1 is 1.38 bits per heavy atom. The van der Waals surface area contributed by atoms with Crippen molar-refractivity contribution in [3.8, 4) is 5.75 Å². The van der Waals surface area contributed by atoms with Crippen molar-refractivity contribution in [2.24, 2.45) is 5.84 Å². The molecule has 0 saturated heterocycles. The van der Waals surface area contributed by atoms with E-state index in [2.05, 4.69) is 31.7 Å². The number of hydrazine groups is 1. The second kappa shape index (κ2) is 5.98. The molecule has 0 atom stereocenters. The smallest absolute Gasteiger partial charge is 0.183 e. The number of fused-ring (bicyclic) bond motifs is 1. The molecule has 0 radical (unpaired) electrons. The molecule has 8 heteroatoms. The lowest BCUT2D eigenvalue weighted by Crippen LogP contribution is -2.11. The van der Waals surface area contributed by atoms with Crippen LogP contribution < -0.4 is 16.0 Å². The van der Waals surface area contributed by atoms with Crippen LogP contribution in [0.2, 0.25) is 0 Å². The van der Waals surface area contributed by atoms with Gasteiger partial charge < -0.3 is 10.2 Å². The maximum atomic E-state index is 5.57. The minimum Gasteiger partial charge on any atom is -0.497 e. The first-order chi connectivity index (χ1) is 10.3. The van der Waals surface area contributed by atoms with Crippen molar-refractivity contribution in [3.05, 3.63) is 36.2 Å². The molecule has 0 bridgehead atoms. The summed E-state index contributed by atoms with van der Waals surface area (Å²) in [5.41, 5.74) is 4.47. The number of nitrogens with two attached hydrogens (primary N) is 1. The number of nitrogens with zero attached hydrogens (tertiary/aromatic N) is 3. The number of hydrogen-bond acceptors (Lipinski definition) is 7. The van der Waals surface area contributed by atoms with Crippen LogP contribution in [0.25, 0.3) is 10.9 Å². The van der Waals surface area contributed by atoms with E-state index < -0.39 is 0 Å².